The summed E-state index contributed by atoms with van der Waals surface area (Å²) in [5.41, 5.74) is 0. The summed E-state index contributed by atoms with van der Waals surface area (Å²) in [6.45, 7) is 9.57. The van der Waals surface area contributed by atoms with Gasteiger partial charge >= 0.3 is 0 Å². The van der Waals surface area contributed by atoms with Crippen molar-refractivity contribution in [3.05, 3.63) is 6.10 Å². The Bertz CT molecular complexity index is 78.9. The van der Waals surface area contributed by atoms with Crippen LogP contribution in [0.1, 0.15) is 47.0 Å². The number of rotatable bonds is 6. The largest absolute Gasteiger partial charge is 0.372 e. The van der Waals surface area contributed by atoms with Gasteiger partial charge in [0.05, 0.1) is 6.10 Å². The lowest BCUT2D eigenvalue weighted by Gasteiger charge is -2.09. The van der Waals surface area contributed by atoms with Crippen molar-refractivity contribution in [1.82, 2.24) is 0 Å². The van der Waals surface area contributed by atoms with Crippen LogP contribution < -0.4 is 0 Å². The first-order valence-electron chi connectivity index (χ1n) is 4.62. The molecule has 0 aliphatic rings. The highest BCUT2D eigenvalue weighted by molar-refractivity contribution is 4.66. The van der Waals surface area contributed by atoms with E-state index in [1.807, 2.05) is 0 Å². The molecule has 11 heavy (non-hydrogen) atoms. The monoisotopic (exact) mass is 157 g/mol. The van der Waals surface area contributed by atoms with Crippen LogP contribution >= 0.6 is 0 Å². The summed E-state index contributed by atoms with van der Waals surface area (Å²) in [7, 11) is 0. The second-order valence-corrected chi connectivity index (χ2v) is 3.44. The third-order valence-electron chi connectivity index (χ3n) is 1.77. The van der Waals surface area contributed by atoms with Crippen LogP contribution in [0.3, 0.4) is 0 Å². The zero-order chi connectivity index (χ0) is 8.69. The highest BCUT2D eigenvalue weighted by atomic mass is 16.5. The van der Waals surface area contributed by atoms with Gasteiger partial charge in [-0.05, 0) is 32.1 Å². The average molecular weight is 157 g/mol. The molecule has 0 aromatic heterocycles. The molecule has 0 rings (SSSR count). The van der Waals surface area contributed by atoms with Crippen molar-refractivity contribution < 1.29 is 4.74 Å². The fraction of sp³-hybridized carbons (Fsp3) is 0.900. The number of hydrogen-bond acceptors (Lipinski definition) is 1. The van der Waals surface area contributed by atoms with E-state index in [1.165, 1.54) is 12.8 Å². The third-order valence-corrected chi connectivity index (χ3v) is 1.77. The van der Waals surface area contributed by atoms with E-state index in [-0.39, 0.29) is 0 Å². The predicted molar refractivity (Wildman–Crippen MR) is 49.2 cm³/mol. The molecule has 0 saturated heterocycles. The molecule has 0 fully saturated rings. The summed E-state index contributed by atoms with van der Waals surface area (Å²) in [5, 5.41) is 0. The van der Waals surface area contributed by atoms with E-state index in [0.717, 1.165) is 25.0 Å². The fourth-order valence-electron chi connectivity index (χ4n) is 0.840. The van der Waals surface area contributed by atoms with Crippen molar-refractivity contribution in [3.8, 4) is 0 Å². The molecule has 0 amide bonds. The Balaban J connectivity index is 3.01. The van der Waals surface area contributed by atoms with Crippen LogP contribution in [0.25, 0.3) is 0 Å². The first kappa shape index (κ1) is 11.0. The quantitative estimate of drug-likeness (QED) is 0.537. The summed E-state index contributed by atoms with van der Waals surface area (Å²) < 4.78 is 5.46. The van der Waals surface area contributed by atoms with Crippen LogP contribution in [0.2, 0.25) is 0 Å². The zero-order valence-corrected chi connectivity index (χ0v) is 8.31. The normalized spacial score (nSPS) is 11.5. The molecule has 67 valence electrons. The minimum atomic E-state index is 0.806. The van der Waals surface area contributed by atoms with Gasteiger partial charge in [-0.25, -0.2) is 0 Å². The fourth-order valence-corrected chi connectivity index (χ4v) is 0.840. The van der Waals surface area contributed by atoms with Crippen molar-refractivity contribution in [3.63, 3.8) is 0 Å². The second kappa shape index (κ2) is 6.66. The van der Waals surface area contributed by atoms with Crippen molar-refractivity contribution in [2.75, 3.05) is 6.61 Å². The lowest BCUT2D eigenvalue weighted by molar-refractivity contribution is 0.137. The molecule has 0 bridgehead atoms. The Labute approximate surface area is 71.1 Å². The van der Waals surface area contributed by atoms with Crippen molar-refractivity contribution >= 4 is 0 Å². The van der Waals surface area contributed by atoms with Crippen LogP contribution in [0.5, 0.6) is 0 Å². The van der Waals surface area contributed by atoms with E-state index in [2.05, 4.69) is 27.7 Å². The van der Waals surface area contributed by atoms with Crippen LogP contribution in [-0.4, -0.2) is 6.61 Å². The van der Waals surface area contributed by atoms with E-state index in [1.54, 1.807) is 0 Å². The number of hydrogen-bond donors (Lipinski definition) is 0. The first-order chi connectivity index (χ1) is 5.16. The Hall–Kier alpha value is -0.0400. The molecule has 0 aliphatic carbocycles. The second-order valence-electron chi connectivity index (χ2n) is 3.44. The van der Waals surface area contributed by atoms with Gasteiger partial charge < -0.3 is 4.74 Å². The molecule has 0 saturated carbocycles. The summed E-state index contributed by atoms with van der Waals surface area (Å²) in [6.07, 6.45) is 4.67. The summed E-state index contributed by atoms with van der Waals surface area (Å²) >= 11 is 0. The van der Waals surface area contributed by atoms with Crippen molar-refractivity contribution in [1.29, 1.82) is 0 Å². The Morgan fingerprint density at radius 1 is 1.36 bits per heavy atom. The van der Waals surface area contributed by atoms with E-state index in [9.17, 15) is 0 Å². The van der Waals surface area contributed by atoms with Gasteiger partial charge in [-0.3, -0.25) is 0 Å². The standard InChI is InChI=1S/C10H21O/c1-5-10(4)11-8-6-7-9(2)3/h9H,5-8H2,1-4H3. The molecule has 1 nitrogen and oxygen atoms in total. The van der Waals surface area contributed by atoms with Crippen LogP contribution in [0, 0.1) is 12.0 Å². The Morgan fingerprint density at radius 3 is 2.45 bits per heavy atom. The molecule has 1 radical (unpaired) electrons. The molecule has 0 aromatic rings. The molecule has 0 atom stereocenters. The van der Waals surface area contributed by atoms with Gasteiger partial charge in [0, 0.05) is 6.61 Å². The first-order valence-corrected chi connectivity index (χ1v) is 4.62. The van der Waals surface area contributed by atoms with Gasteiger partial charge in [0.1, 0.15) is 0 Å². The van der Waals surface area contributed by atoms with E-state index < -0.39 is 0 Å². The lowest BCUT2D eigenvalue weighted by atomic mass is 10.1. The lowest BCUT2D eigenvalue weighted by Crippen LogP contribution is -2.00. The van der Waals surface area contributed by atoms with Crippen LogP contribution in [0.4, 0.5) is 0 Å². The van der Waals surface area contributed by atoms with Gasteiger partial charge in [0.15, 0.2) is 0 Å². The van der Waals surface area contributed by atoms with E-state index in [0.29, 0.717) is 0 Å². The minimum Gasteiger partial charge on any atom is -0.372 e. The zero-order valence-electron chi connectivity index (χ0n) is 8.31. The van der Waals surface area contributed by atoms with Gasteiger partial charge in [-0.1, -0.05) is 20.8 Å². The maximum absolute atomic E-state index is 5.46. The molecular formula is C10H21O. The van der Waals surface area contributed by atoms with Crippen LogP contribution in [-0.2, 0) is 4.74 Å². The molecule has 1 heteroatoms. The maximum atomic E-state index is 5.46. The Morgan fingerprint density at radius 2 is 2.00 bits per heavy atom. The minimum absolute atomic E-state index is 0.806. The molecule has 0 aromatic carbocycles. The molecule has 0 heterocycles. The van der Waals surface area contributed by atoms with Gasteiger partial charge in [0.25, 0.3) is 0 Å². The van der Waals surface area contributed by atoms with Gasteiger partial charge in [0.2, 0.25) is 0 Å². The van der Waals surface area contributed by atoms with E-state index in [4.69, 9.17) is 4.74 Å². The summed E-state index contributed by atoms with van der Waals surface area (Å²) in [5.74, 6) is 0.806. The molecule has 0 unspecified atom stereocenters. The molecule has 0 N–H and O–H groups in total. The summed E-state index contributed by atoms with van der Waals surface area (Å²) in [6, 6.07) is 0. The highest BCUT2D eigenvalue weighted by Crippen LogP contribution is 2.08. The van der Waals surface area contributed by atoms with Gasteiger partial charge in [-0.15, -0.1) is 0 Å². The topological polar surface area (TPSA) is 9.23 Å². The molecule has 0 aliphatic heterocycles. The summed E-state index contributed by atoms with van der Waals surface area (Å²) in [4.78, 5) is 0. The van der Waals surface area contributed by atoms with Gasteiger partial charge in [-0.2, -0.15) is 0 Å². The SMILES string of the molecule is CC[C](C)OCCCC(C)C. The molecular weight excluding hydrogens is 136 g/mol. The molecule has 0 spiro atoms. The smallest absolute Gasteiger partial charge is 0.0937 e. The highest BCUT2D eigenvalue weighted by Gasteiger charge is 1.99. The van der Waals surface area contributed by atoms with Crippen molar-refractivity contribution in [2.24, 2.45) is 5.92 Å². The van der Waals surface area contributed by atoms with Crippen molar-refractivity contribution in [2.45, 2.75) is 47.0 Å². The predicted octanol–water partition coefficient (Wildman–Crippen LogP) is 3.40. The third kappa shape index (κ3) is 7.86. The Kier molecular flexibility index (Phi) is 6.63. The maximum Gasteiger partial charge on any atom is 0.0937 e. The number of ether oxygens (including phenoxy) is 1. The average Bonchev–Trinajstić information content (AvgIpc) is 1.97. The van der Waals surface area contributed by atoms with Crippen LogP contribution in [0.15, 0.2) is 0 Å². The van der Waals surface area contributed by atoms with E-state index >= 15 is 0 Å².